The molecule has 2 atom stereocenters. The quantitative estimate of drug-likeness (QED) is 0.746. The van der Waals surface area contributed by atoms with Gasteiger partial charge in [0, 0.05) is 26.1 Å². The molecule has 2 unspecified atom stereocenters. The van der Waals surface area contributed by atoms with Crippen LogP contribution >= 0.6 is 0 Å². The molecule has 17 heavy (non-hydrogen) atoms. The van der Waals surface area contributed by atoms with Crippen molar-refractivity contribution in [1.82, 2.24) is 20.1 Å². The van der Waals surface area contributed by atoms with Crippen LogP contribution < -0.4 is 11.1 Å². The van der Waals surface area contributed by atoms with Crippen LogP contribution in [-0.2, 0) is 18.3 Å². The summed E-state index contributed by atoms with van der Waals surface area (Å²) in [7, 11) is 1.83. The van der Waals surface area contributed by atoms with Crippen LogP contribution in [0.2, 0.25) is 0 Å². The second kappa shape index (κ2) is 5.27. The van der Waals surface area contributed by atoms with Gasteiger partial charge in [0.15, 0.2) is 5.82 Å². The Balaban J connectivity index is 1.73. The summed E-state index contributed by atoms with van der Waals surface area (Å²) in [4.78, 5) is 15.9. The van der Waals surface area contributed by atoms with Gasteiger partial charge < -0.3 is 11.1 Å². The van der Waals surface area contributed by atoms with Gasteiger partial charge in [0.05, 0.1) is 5.92 Å². The average Bonchev–Trinajstić information content (AvgIpc) is 2.87. The second-order valence-electron chi connectivity index (χ2n) is 4.58. The molecule has 1 saturated carbocycles. The number of nitrogens with two attached hydrogens (primary N) is 1. The topological polar surface area (TPSA) is 85.8 Å². The fourth-order valence-electron chi connectivity index (χ4n) is 2.24. The largest absolute Gasteiger partial charge is 0.355 e. The Hall–Kier alpha value is -1.43. The van der Waals surface area contributed by atoms with Gasteiger partial charge in [-0.3, -0.25) is 9.48 Å². The lowest BCUT2D eigenvalue weighted by Gasteiger charge is -2.14. The van der Waals surface area contributed by atoms with Crippen LogP contribution in [-0.4, -0.2) is 33.3 Å². The highest BCUT2D eigenvalue weighted by Gasteiger charge is 2.29. The Morgan fingerprint density at radius 2 is 2.47 bits per heavy atom. The molecule has 0 radical (unpaired) electrons. The van der Waals surface area contributed by atoms with Crippen molar-refractivity contribution in [2.24, 2.45) is 18.7 Å². The number of amides is 1. The van der Waals surface area contributed by atoms with Crippen molar-refractivity contribution < 1.29 is 4.79 Å². The Kier molecular flexibility index (Phi) is 3.73. The number of hydrogen-bond donors (Lipinski definition) is 2. The highest BCUT2D eigenvalue weighted by molar-refractivity contribution is 5.79. The minimum Gasteiger partial charge on any atom is -0.355 e. The van der Waals surface area contributed by atoms with Crippen molar-refractivity contribution in [2.45, 2.75) is 31.7 Å². The first kappa shape index (κ1) is 12.0. The molecule has 1 aromatic heterocycles. The minimum atomic E-state index is -0.00769. The Labute approximate surface area is 101 Å². The van der Waals surface area contributed by atoms with Gasteiger partial charge in [-0.25, -0.2) is 4.98 Å². The van der Waals surface area contributed by atoms with Crippen molar-refractivity contribution in [2.75, 3.05) is 6.54 Å². The molecule has 94 valence electrons. The molecular weight excluding hydrogens is 218 g/mol. The van der Waals surface area contributed by atoms with E-state index in [0.29, 0.717) is 13.0 Å². The maximum Gasteiger partial charge on any atom is 0.224 e. The number of aryl methyl sites for hydroxylation is 1. The monoisotopic (exact) mass is 237 g/mol. The van der Waals surface area contributed by atoms with Gasteiger partial charge in [-0.05, 0) is 12.8 Å². The van der Waals surface area contributed by atoms with Crippen molar-refractivity contribution in [3.8, 4) is 0 Å². The maximum absolute atomic E-state index is 11.8. The number of carbonyl (C=O) groups excluding carboxylic acids is 1. The summed E-state index contributed by atoms with van der Waals surface area (Å²) in [6.07, 6.45) is 5.24. The van der Waals surface area contributed by atoms with Crippen LogP contribution in [0.3, 0.4) is 0 Å². The lowest BCUT2D eigenvalue weighted by molar-refractivity contribution is -0.125. The van der Waals surface area contributed by atoms with Gasteiger partial charge in [0.2, 0.25) is 5.91 Å². The van der Waals surface area contributed by atoms with Crippen LogP contribution in [0.4, 0.5) is 0 Å². The summed E-state index contributed by atoms with van der Waals surface area (Å²) < 4.78 is 1.66. The third-order valence-corrected chi connectivity index (χ3v) is 3.20. The van der Waals surface area contributed by atoms with E-state index in [-0.39, 0.29) is 17.9 Å². The highest BCUT2D eigenvalue weighted by atomic mass is 16.1. The van der Waals surface area contributed by atoms with E-state index in [4.69, 9.17) is 5.73 Å². The summed E-state index contributed by atoms with van der Waals surface area (Å²) in [5.41, 5.74) is 5.88. The number of nitrogens with zero attached hydrogens (tertiary/aromatic N) is 3. The standard InChI is InChI=1S/C11H19N5O/c1-16-7-14-10(15-16)5-6-13-11(17)8-3-2-4-9(8)12/h7-9H,2-6,12H2,1H3,(H,13,17). The van der Waals surface area contributed by atoms with Crippen molar-refractivity contribution >= 4 is 5.91 Å². The fourth-order valence-corrected chi connectivity index (χ4v) is 2.24. The predicted molar refractivity (Wildman–Crippen MR) is 63.0 cm³/mol. The molecule has 0 saturated heterocycles. The normalized spacial score (nSPS) is 23.9. The molecule has 1 fully saturated rings. The zero-order valence-corrected chi connectivity index (χ0v) is 10.1. The van der Waals surface area contributed by atoms with Gasteiger partial charge in [0.25, 0.3) is 0 Å². The van der Waals surface area contributed by atoms with Crippen LogP contribution in [0.5, 0.6) is 0 Å². The zero-order valence-electron chi connectivity index (χ0n) is 10.1. The Morgan fingerprint density at radius 1 is 1.65 bits per heavy atom. The first-order valence-corrected chi connectivity index (χ1v) is 6.04. The molecule has 0 aromatic carbocycles. The Morgan fingerprint density at radius 3 is 3.06 bits per heavy atom. The van der Waals surface area contributed by atoms with Crippen LogP contribution in [0, 0.1) is 5.92 Å². The van der Waals surface area contributed by atoms with E-state index in [1.54, 1.807) is 11.0 Å². The minimum absolute atomic E-state index is 0.00769. The van der Waals surface area contributed by atoms with E-state index < -0.39 is 0 Å². The Bertz CT molecular complexity index is 389. The van der Waals surface area contributed by atoms with Crippen LogP contribution in [0.15, 0.2) is 6.33 Å². The summed E-state index contributed by atoms with van der Waals surface area (Å²) in [6, 6.07) is 0.0305. The molecule has 1 aliphatic rings. The van der Waals surface area contributed by atoms with Gasteiger partial charge in [-0.2, -0.15) is 5.10 Å². The molecule has 6 heteroatoms. The summed E-state index contributed by atoms with van der Waals surface area (Å²) in [6.45, 7) is 0.575. The van der Waals surface area contributed by atoms with E-state index in [2.05, 4.69) is 15.4 Å². The smallest absolute Gasteiger partial charge is 0.224 e. The van der Waals surface area contributed by atoms with Gasteiger partial charge in [0.1, 0.15) is 6.33 Å². The number of carbonyl (C=O) groups is 1. The zero-order chi connectivity index (χ0) is 12.3. The first-order chi connectivity index (χ1) is 8.16. The highest BCUT2D eigenvalue weighted by Crippen LogP contribution is 2.23. The van der Waals surface area contributed by atoms with E-state index in [0.717, 1.165) is 25.1 Å². The third-order valence-electron chi connectivity index (χ3n) is 3.20. The summed E-state index contributed by atoms with van der Waals surface area (Å²) >= 11 is 0. The molecule has 0 aliphatic heterocycles. The maximum atomic E-state index is 11.8. The predicted octanol–water partition coefficient (Wildman–Crippen LogP) is -0.399. The molecule has 1 aliphatic carbocycles. The molecule has 1 aromatic rings. The molecule has 3 N–H and O–H groups in total. The SMILES string of the molecule is Cn1cnc(CCNC(=O)C2CCCC2N)n1. The lowest BCUT2D eigenvalue weighted by atomic mass is 10.0. The lowest BCUT2D eigenvalue weighted by Crippen LogP contribution is -2.39. The molecule has 0 spiro atoms. The van der Waals surface area contributed by atoms with E-state index in [9.17, 15) is 4.79 Å². The molecule has 6 nitrogen and oxygen atoms in total. The van der Waals surface area contributed by atoms with E-state index in [1.165, 1.54) is 0 Å². The van der Waals surface area contributed by atoms with E-state index in [1.807, 2.05) is 7.05 Å². The average molecular weight is 237 g/mol. The van der Waals surface area contributed by atoms with Crippen LogP contribution in [0.25, 0.3) is 0 Å². The number of hydrogen-bond acceptors (Lipinski definition) is 4. The number of nitrogens with one attached hydrogen (secondary N) is 1. The third kappa shape index (κ3) is 3.03. The van der Waals surface area contributed by atoms with Crippen molar-refractivity contribution in [3.05, 3.63) is 12.2 Å². The summed E-state index contributed by atoms with van der Waals surface area (Å²) in [5.74, 6) is 0.821. The first-order valence-electron chi connectivity index (χ1n) is 6.04. The summed E-state index contributed by atoms with van der Waals surface area (Å²) in [5, 5.41) is 7.05. The molecule has 1 heterocycles. The van der Waals surface area contributed by atoms with Gasteiger partial charge in [-0.15, -0.1) is 0 Å². The van der Waals surface area contributed by atoms with Crippen molar-refractivity contribution in [3.63, 3.8) is 0 Å². The molecular formula is C11H19N5O. The number of rotatable bonds is 4. The molecule has 2 rings (SSSR count). The molecule has 1 amide bonds. The fraction of sp³-hybridized carbons (Fsp3) is 0.727. The van der Waals surface area contributed by atoms with Gasteiger partial charge >= 0.3 is 0 Å². The van der Waals surface area contributed by atoms with Gasteiger partial charge in [-0.1, -0.05) is 6.42 Å². The van der Waals surface area contributed by atoms with Crippen molar-refractivity contribution in [1.29, 1.82) is 0 Å². The molecule has 0 bridgehead atoms. The van der Waals surface area contributed by atoms with Crippen LogP contribution in [0.1, 0.15) is 25.1 Å². The van der Waals surface area contributed by atoms with E-state index >= 15 is 0 Å². The second-order valence-corrected chi connectivity index (χ2v) is 4.58. The number of aromatic nitrogens is 3.